The van der Waals surface area contributed by atoms with Gasteiger partial charge in [-0.1, -0.05) is 18.2 Å². The molecule has 0 fully saturated rings. The molecule has 0 saturated heterocycles. The molecule has 0 spiro atoms. The van der Waals surface area contributed by atoms with E-state index in [2.05, 4.69) is 16.1 Å². The number of hydrogen-bond donors (Lipinski definition) is 2. The minimum absolute atomic E-state index is 0.0151. The minimum Gasteiger partial charge on any atom is -0.380 e. The number of rotatable bonds is 6. The second-order valence-corrected chi connectivity index (χ2v) is 9.00. The molecule has 0 atom stereocenters. The molecule has 0 aliphatic rings. The van der Waals surface area contributed by atoms with Crippen LogP contribution in [0.3, 0.4) is 0 Å². The van der Waals surface area contributed by atoms with Crippen molar-refractivity contribution in [2.24, 2.45) is 0 Å². The molecule has 0 bridgehead atoms. The van der Waals surface area contributed by atoms with E-state index >= 15 is 0 Å². The Bertz CT molecular complexity index is 702. The highest BCUT2D eigenvalue weighted by Crippen LogP contribution is 2.16. The summed E-state index contributed by atoms with van der Waals surface area (Å²) in [6, 6.07) is 11.6. The predicted molar refractivity (Wildman–Crippen MR) is 93.6 cm³/mol. The molecule has 0 saturated carbocycles. The smallest absolute Gasteiger partial charge is 0.216 e. The van der Waals surface area contributed by atoms with E-state index in [9.17, 15) is 8.42 Å². The molecule has 2 aromatic rings. The monoisotopic (exact) mass is 338 g/mol. The fourth-order valence-electron chi connectivity index (χ4n) is 2.10. The molecule has 2 N–H and O–H groups in total. The van der Waals surface area contributed by atoms with Gasteiger partial charge in [-0.15, -0.1) is 11.3 Å². The van der Waals surface area contributed by atoms with Crippen LogP contribution in [0.1, 0.15) is 31.2 Å². The molecule has 22 heavy (non-hydrogen) atoms. The highest BCUT2D eigenvalue weighted by atomic mass is 32.2. The van der Waals surface area contributed by atoms with E-state index in [-0.39, 0.29) is 5.75 Å². The van der Waals surface area contributed by atoms with E-state index in [1.807, 2.05) is 56.5 Å². The van der Waals surface area contributed by atoms with Gasteiger partial charge in [-0.2, -0.15) is 0 Å². The van der Waals surface area contributed by atoms with Crippen molar-refractivity contribution in [1.82, 2.24) is 4.72 Å². The third kappa shape index (κ3) is 5.79. The summed E-state index contributed by atoms with van der Waals surface area (Å²) < 4.78 is 27.0. The van der Waals surface area contributed by atoms with Gasteiger partial charge in [-0.05, 0) is 49.9 Å². The Kier molecular flexibility index (Phi) is 5.26. The second-order valence-electron chi connectivity index (χ2n) is 6.24. The van der Waals surface area contributed by atoms with Crippen LogP contribution in [0.25, 0.3) is 0 Å². The zero-order valence-corrected chi connectivity index (χ0v) is 14.7. The van der Waals surface area contributed by atoms with Gasteiger partial charge in [0.05, 0.1) is 5.75 Å². The van der Waals surface area contributed by atoms with Crippen LogP contribution in [0.4, 0.5) is 5.69 Å². The fourth-order valence-corrected chi connectivity index (χ4v) is 4.36. The van der Waals surface area contributed by atoms with E-state index in [1.165, 1.54) is 4.88 Å². The molecular weight excluding hydrogens is 316 g/mol. The molecule has 1 aromatic heterocycles. The van der Waals surface area contributed by atoms with Crippen molar-refractivity contribution in [3.05, 3.63) is 52.2 Å². The van der Waals surface area contributed by atoms with Gasteiger partial charge in [-0.3, -0.25) is 0 Å². The molecule has 0 aliphatic carbocycles. The zero-order valence-electron chi connectivity index (χ0n) is 13.1. The summed E-state index contributed by atoms with van der Waals surface area (Å²) in [6.07, 6.45) is 0. The first kappa shape index (κ1) is 17.0. The number of sulfonamides is 1. The van der Waals surface area contributed by atoms with Crippen molar-refractivity contribution in [3.63, 3.8) is 0 Å². The van der Waals surface area contributed by atoms with Gasteiger partial charge in [0, 0.05) is 22.6 Å². The lowest BCUT2D eigenvalue weighted by Gasteiger charge is -2.20. The topological polar surface area (TPSA) is 58.2 Å². The summed E-state index contributed by atoms with van der Waals surface area (Å²) in [4.78, 5) is 1.24. The minimum atomic E-state index is -3.34. The first-order chi connectivity index (χ1) is 10.2. The van der Waals surface area contributed by atoms with Crippen molar-refractivity contribution in [2.75, 3.05) is 5.32 Å². The standard InChI is InChI=1S/C16H22N2O2S2/c1-16(2,3)18-22(19,20)12-13-6-4-7-14(10-13)17-11-15-8-5-9-21-15/h4-10,17-18H,11-12H2,1-3H3. The average Bonchev–Trinajstić information content (AvgIpc) is 2.86. The van der Waals surface area contributed by atoms with E-state index < -0.39 is 15.6 Å². The normalized spacial score (nSPS) is 12.3. The number of nitrogens with one attached hydrogen (secondary N) is 2. The number of hydrogen-bond acceptors (Lipinski definition) is 4. The Labute approximate surface area is 136 Å². The Morgan fingerprint density at radius 1 is 1.14 bits per heavy atom. The van der Waals surface area contributed by atoms with Crippen molar-refractivity contribution in [2.45, 2.75) is 38.6 Å². The largest absolute Gasteiger partial charge is 0.380 e. The molecule has 120 valence electrons. The highest BCUT2D eigenvalue weighted by molar-refractivity contribution is 7.88. The maximum absolute atomic E-state index is 12.1. The Balaban J connectivity index is 2.02. The van der Waals surface area contributed by atoms with Gasteiger partial charge in [0.1, 0.15) is 0 Å². The Morgan fingerprint density at radius 2 is 1.91 bits per heavy atom. The first-order valence-electron chi connectivity index (χ1n) is 7.10. The van der Waals surface area contributed by atoms with Gasteiger partial charge in [-0.25, -0.2) is 13.1 Å². The number of anilines is 1. The van der Waals surface area contributed by atoms with Crippen LogP contribution in [-0.4, -0.2) is 14.0 Å². The van der Waals surface area contributed by atoms with Crippen molar-refractivity contribution in [1.29, 1.82) is 0 Å². The lowest BCUT2D eigenvalue weighted by atomic mass is 10.1. The second kappa shape index (κ2) is 6.81. The van der Waals surface area contributed by atoms with Crippen LogP contribution in [0.5, 0.6) is 0 Å². The summed E-state index contributed by atoms with van der Waals surface area (Å²) in [6.45, 7) is 6.25. The molecule has 4 nitrogen and oxygen atoms in total. The third-order valence-corrected chi connectivity index (χ3v) is 5.31. The third-order valence-electron chi connectivity index (χ3n) is 2.79. The van der Waals surface area contributed by atoms with Crippen molar-refractivity contribution >= 4 is 27.0 Å². The summed E-state index contributed by atoms with van der Waals surface area (Å²) in [5, 5.41) is 5.36. The number of benzene rings is 1. The molecule has 2 rings (SSSR count). The van der Waals surface area contributed by atoms with Crippen LogP contribution < -0.4 is 10.0 Å². The molecule has 1 aromatic carbocycles. The number of thiophene rings is 1. The van der Waals surface area contributed by atoms with Crippen LogP contribution in [-0.2, 0) is 22.3 Å². The first-order valence-corrected chi connectivity index (χ1v) is 9.64. The predicted octanol–water partition coefficient (Wildman–Crippen LogP) is 3.58. The van der Waals surface area contributed by atoms with Gasteiger partial charge < -0.3 is 5.32 Å². The van der Waals surface area contributed by atoms with E-state index in [0.717, 1.165) is 17.8 Å². The lowest BCUT2D eigenvalue weighted by molar-refractivity contribution is 0.491. The molecule has 0 amide bonds. The summed E-state index contributed by atoms with van der Waals surface area (Å²) in [7, 11) is -3.34. The van der Waals surface area contributed by atoms with E-state index in [0.29, 0.717) is 0 Å². The maximum Gasteiger partial charge on any atom is 0.216 e. The van der Waals surface area contributed by atoms with E-state index in [4.69, 9.17) is 0 Å². The highest BCUT2D eigenvalue weighted by Gasteiger charge is 2.20. The van der Waals surface area contributed by atoms with Crippen LogP contribution in [0.15, 0.2) is 41.8 Å². The van der Waals surface area contributed by atoms with Crippen LogP contribution >= 0.6 is 11.3 Å². The van der Waals surface area contributed by atoms with E-state index in [1.54, 1.807) is 11.3 Å². The van der Waals surface area contributed by atoms with Gasteiger partial charge >= 0.3 is 0 Å². The molecule has 0 radical (unpaired) electrons. The quantitative estimate of drug-likeness (QED) is 0.846. The van der Waals surface area contributed by atoms with Gasteiger partial charge in [0.15, 0.2) is 0 Å². The molecule has 0 unspecified atom stereocenters. The summed E-state index contributed by atoms with van der Waals surface area (Å²) >= 11 is 1.69. The zero-order chi connectivity index (χ0) is 16.2. The SMILES string of the molecule is CC(C)(C)NS(=O)(=O)Cc1cccc(NCc2cccs2)c1. The fraction of sp³-hybridized carbons (Fsp3) is 0.375. The Morgan fingerprint density at radius 3 is 2.55 bits per heavy atom. The molecule has 1 heterocycles. The molecular formula is C16H22N2O2S2. The Hall–Kier alpha value is -1.37. The maximum atomic E-state index is 12.1. The van der Waals surface area contributed by atoms with Crippen LogP contribution in [0.2, 0.25) is 0 Å². The van der Waals surface area contributed by atoms with Crippen LogP contribution in [0, 0.1) is 0 Å². The molecule has 6 heteroatoms. The van der Waals surface area contributed by atoms with Crippen molar-refractivity contribution < 1.29 is 8.42 Å². The summed E-state index contributed by atoms with van der Waals surface area (Å²) in [5.41, 5.74) is 1.23. The molecule has 0 aliphatic heterocycles. The van der Waals surface area contributed by atoms with Gasteiger partial charge in [0.2, 0.25) is 10.0 Å². The van der Waals surface area contributed by atoms with Gasteiger partial charge in [0.25, 0.3) is 0 Å². The van der Waals surface area contributed by atoms with Crippen molar-refractivity contribution in [3.8, 4) is 0 Å². The lowest BCUT2D eigenvalue weighted by Crippen LogP contribution is -2.41. The summed E-state index contributed by atoms with van der Waals surface area (Å²) in [5.74, 6) is -0.0151. The average molecular weight is 338 g/mol.